The summed E-state index contributed by atoms with van der Waals surface area (Å²) in [5.41, 5.74) is 8.87. The third-order valence-electron chi connectivity index (χ3n) is 3.44. The highest BCUT2D eigenvalue weighted by Gasteiger charge is 2.10. The van der Waals surface area contributed by atoms with Gasteiger partial charge in [0.1, 0.15) is 5.75 Å². The number of hydrogen-bond acceptors (Lipinski definition) is 3. The van der Waals surface area contributed by atoms with Crippen LogP contribution >= 0.6 is 0 Å². The van der Waals surface area contributed by atoms with Crippen LogP contribution in [0.3, 0.4) is 0 Å². The summed E-state index contributed by atoms with van der Waals surface area (Å²) in [6, 6.07) is 15.7. The van der Waals surface area contributed by atoms with Gasteiger partial charge in [-0.1, -0.05) is 30.3 Å². The first kappa shape index (κ1) is 18.8. The van der Waals surface area contributed by atoms with Crippen molar-refractivity contribution in [1.29, 1.82) is 0 Å². The fourth-order valence-electron chi connectivity index (χ4n) is 2.18. The zero-order chi connectivity index (χ0) is 18.3. The van der Waals surface area contributed by atoms with Gasteiger partial charge in [-0.2, -0.15) is 0 Å². The van der Waals surface area contributed by atoms with E-state index in [9.17, 15) is 0 Å². The van der Waals surface area contributed by atoms with Crippen molar-refractivity contribution in [3.8, 4) is 5.75 Å². The van der Waals surface area contributed by atoms with Gasteiger partial charge in [0, 0.05) is 11.8 Å². The van der Waals surface area contributed by atoms with E-state index >= 15 is 0 Å². The third-order valence-corrected chi connectivity index (χ3v) is 3.44. The Kier molecular flexibility index (Phi) is 6.42. The summed E-state index contributed by atoms with van der Waals surface area (Å²) in [5.74, 6) is 1.13. The second kappa shape index (κ2) is 8.53. The van der Waals surface area contributed by atoms with Gasteiger partial charge in [0.2, 0.25) is 0 Å². The van der Waals surface area contributed by atoms with Gasteiger partial charge in [0.25, 0.3) is 0 Å². The molecule has 2 aromatic carbocycles. The molecular weight excluding hydrogens is 314 g/mol. The molecule has 0 amide bonds. The number of ether oxygens (including phenoxy) is 2. The molecule has 134 valence electrons. The lowest BCUT2D eigenvalue weighted by atomic mass is 10.1. The van der Waals surface area contributed by atoms with Crippen LogP contribution in [0.1, 0.15) is 31.9 Å². The zero-order valence-electron chi connectivity index (χ0n) is 15.4. The topological polar surface area (TPSA) is 68.9 Å². The highest BCUT2D eigenvalue weighted by atomic mass is 16.5. The first-order valence-corrected chi connectivity index (χ1v) is 8.28. The molecule has 0 aromatic heterocycles. The van der Waals surface area contributed by atoms with Crippen molar-refractivity contribution in [1.82, 2.24) is 0 Å². The Balaban J connectivity index is 1.95. The Labute approximate surface area is 149 Å². The maximum Gasteiger partial charge on any atom is 0.193 e. The maximum atomic E-state index is 5.97. The van der Waals surface area contributed by atoms with Gasteiger partial charge in [0.05, 0.1) is 25.9 Å². The molecule has 0 aliphatic carbocycles. The van der Waals surface area contributed by atoms with Gasteiger partial charge in [-0.3, -0.25) is 0 Å². The highest BCUT2D eigenvalue weighted by Crippen LogP contribution is 2.17. The molecule has 25 heavy (non-hydrogen) atoms. The molecule has 0 atom stereocenters. The van der Waals surface area contributed by atoms with Crippen LogP contribution in [0.2, 0.25) is 0 Å². The van der Waals surface area contributed by atoms with E-state index in [0.29, 0.717) is 19.1 Å². The van der Waals surface area contributed by atoms with E-state index < -0.39 is 0 Å². The van der Waals surface area contributed by atoms with Crippen LogP contribution in [0, 0.1) is 0 Å². The van der Waals surface area contributed by atoms with E-state index in [0.717, 1.165) is 22.6 Å². The summed E-state index contributed by atoms with van der Waals surface area (Å²) >= 11 is 0. The molecule has 0 unspecified atom stereocenters. The Bertz CT molecular complexity index is 721. The largest absolute Gasteiger partial charge is 0.497 e. The standard InChI is InChI=1S/C20H27N3O2/c1-20(2,3)25-14-16-8-5-7-15(11-16)13-22-19(21)23-17-9-6-10-18(12-17)24-4/h5-12H,13-14H2,1-4H3,(H3,21,22,23). The van der Waals surface area contributed by atoms with Crippen LogP contribution in [0.4, 0.5) is 5.69 Å². The maximum absolute atomic E-state index is 5.97. The van der Waals surface area contributed by atoms with Gasteiger partial charge in [-0.25, -0.2) is 4.99 Å². The molecule has 0 heterocycles. The van der Waals surface area contributed by atoms with Crippen LogP contribution in [0.5, 0.6) is 5.75 Å². The average Bonchev–Trinajstić information content (AvgIpc) is 2.58. The van der Waals surface area contributed by atoms with Crippen LogP contribution < -0.4 is 15.8 Å². The zero-order valence-corrected chi connectivity index (χ0v) is 15.4. The van der Waals surface area contributed by atoms with E-state index in [4.69, 9.17) is 15.2 Å². The number of nitrogens with zero attached hydrogens (tertiary/aromatic N) is 1. The van der Waals surface area contributed by atoms with E-state index in [1.54, 1.807) is 7.11 Å². The molecule has 0 aliphatic heterocycles. The van der Waals surface area contributed by atoms with Crippen molar-refractivity contribution in [3.63, 3.8) is 0 Å². The second-order valence-electron chi connectivity index (χ2n) is 6.78. The lowest BCUT2D eigenvalue weighted by molar-refractivity contribution is -0.0149. The molecule has 0 aliphatic rings. The molecule has 5 nitrogen and oxygen atoms in total. The van der Waals surface area contributed by atoms with Crippen molar-refractivity contribution in [2.24, 2.45) is 10.7 Å². The van der Waals surface area contributed by atoms with Crippen molar-refractivity contribution < 1.29 is 9.47 Å². The molecule has 2 rings (SSSR count). The lowest BCUT2D eigenvalue weighted by Gasteiger charge is -2.19. The monoisotopic (exact) mass is 341 g/mol. The minimum Gasteiger partial charge on any atom is -0.497 e. The average molecular weight is 341 g/mol. The summed E-state index contributed by atoms with van der Waals surface area (Å²) in [5, 5.41) is 3.07. The summed E-state index contributed by atoms with van der Waals surface area (Å²) in [4.78, 5) is 4.40. The summed E-state index contributed by atoms with van der Waals surface area (Å²) in [6.45, 7) is 7.23. The van der Waals surface area contributed by atoms with Crippen molar-refractivity contribution >= 4 is 11.6 Å². The normalized spacial score (nSPS) is 12.1. The molecule has 0 bridgehead atoms. The smallest absolute Gasteiger partial charge is 0.193 e. The molecule has 0 saturated heterocycles. The number of anilines is 1. The van der Waals surface area contributed by atoms with Crippen LogP contribution in [0.25, 0.3) is 0 Å². The Morgan fingerprint density at radius 3 is 2.52 bits per heavy atom. The molecular formula is C20H27N3O2. The lowest BCUT2D eigenvalue weighted by Crippen LogP contribution is -2.22. The number of nitrogens with one attached hydrogen (secondary N) is 1. The Hall–Kier alpha value is -2.53. The van der Waals surface area contributed by atoms with Crippen molar-refractivity contribution in [2.75, 3.05) is 12.4 Å². The number of nitrogens with two attached hydrogens (primary N) is 1. The first-order valence-electron chi connectivity index (χ1n) is 8.28. The molecule has 3 N–H and O–H groups in total. The van der Waals surface area contributed by atoms with E-state index in [-0.39, 0.29) is 5.60 Å². The molecule has 2 aromatic rings. The number of rotatable bonds is 6. The van der Waals surface area contributed by atoms with Crippen LogP contribution in [0.15, 0.2) is 53.5 Å². The minimum absolute atomic E-state index is 0.154. The van der Waals surface area contributed by atoms with Crippen LogP contribution in [-0.4, -0.2) is 18.7 Å². The van der Waals surface area contributed by atoms with Crippen molar-refractivity contribution in [3.05, 3.63) is 59.7 Å². The van der Waals surface area contributed by atoms with Gasteiger partial charge in [0.15, 0.2) is 5.96 Å². The van der Waals surface area contributed by atoms with Gasteiger partial charge >= 0.3 is 0 Å². The van der Waals surface area contributed by atoms with Crippen molar-refractivity contribution in [2.45, 2.75) is 39.5 Å². The molecule has 0 fully saturated rings. The fraction of sp³-hybridized carbons (Fsp3) is 0.350. The Morgan fingerprint density at radius 1 is 1.08 bits per heavy atom. The molecule has 0 spiro atoms. The predicted octanol–water partition coefficient (Wildman–Crippen LogP) is 3.94. The summed E-state index contributed by atoms with van der Waals surface area (Å²) < 4.78 is 11.0. The van der Waals surface area contributed by atoms with Gasteiger partial charge < -0.3 is 20.5 Å². The van der Waals surface area contributed by atoms with E-state index in [1.807, 2.05) is 57.2 Å². The Morgan fingerprint density at radius 2 is 1.80 bits per heavy atom. The van der Waals surface area contributed by atoms with Gasteiger partial charge in [-0.05, 0) is 44.0 Å². The predicted molar refractivity (Wildman–Crippen MR) is 103 cm³/mol. The number of aliphatic imine (C=N–C) groups is 1. The van der Waals surface area contributed by atoms with Gasteiger partial charge in [-0.15, -0.1) is 0 Å². The fourth-order valence-corrected chi connectivity index (χ4v) is 2.18. The molecule has 0 saturated carbocycles. The summed E-state index contributed by atoms with van der Waals surface area (Å²) in [6.07, 6.45) is 0. The quantitative estimate of drug-likeness (QED) is 0.617. The number of benzene rings is 2. The number of hydrogen-bond donors (Lipinski definition) is 2. The minimum atomic E-state index is -0.154. The molecule has 0 radical (unpaired) electrons. The van der Waals surface area contributed by atoms with Crippen LogP contribution in [-0.2, 0) is 17.9 Å². The summed E-state index contributed by atoms with van der Waals surface area (Å²) in [7, 11) is 1.63. The molecule has 5 heteroatoms. The number of guanidine groups is 1. The first-order chi connectivity index (χ1) is 11.9. The highest BCUT2D eigenvalue weighted by molar-refractivity contribution is 5.92. The number of methoxy groups -OCH3 is 1. The third kappa shape index (κ3) is 6.85. The SMILES string of the molecule is COc1cccc(NC(N)=NCc2cccc(COC(C)(C)C)c2)c1. The second-order valence-corrected chi connectivity index (χ2v) is 6.78. The van der Waals surface area contributed by atoms with E-state index in [1.165, 1.54) is 0 Å². The van der Waals surface area contributed by atoms with E-state index in [2.05, 4.69) is 22.4 Å².